The first-order chi connectivity index (χ1) is 8.63. The lowest BCUT2D eigenvalue weighted by Gasteiger charge is -1.88. The summed E-state index contributed by atoms with van der Waals surface area (Å²) in [6.07, 6.45) is 0. The van der Waals surface area contributed by atoms with E-state index in [-0.39, 0.29) is 5.69 Å². The number of carbonyl (C=O) groups is 1. The maximum absolute atomic E-state index is 10.8. The van der Waals surface area contributed by atoms with Gasteiger partial charge in [0.2, 0.25) is 0 Å². The van der Waals surface area contributed by atoms with E-state index in [2.05, 4.69) is 10.2 Å². The van der Waals surface area contributed by atoms with Crippen LogP contribution in [0.1, 0.15) is 10.5 Å². The third kappa shape index (κ3) is 1.87. The lowest BCUT2D eigenvalue weighted by Crippen LogP contribution is -1.95. The number of hydrogen-bond acceptors (Lipinski definition) is 3. The molecule has 0 unspecified atom stereocenters. The Labute approximate surface area is 111 Å². The van der Waals surface area contributed by atoms with Gasteiger partial charge in [-0.2, -0.15) is 5.10 Å². The molecule has 0 fully saturated rings. The van der Waals surface area contributed by atoms with Gasteiger partial charge in [0.05, 0.1) is 10.6 Å². The highest BCUT2D eigenvalue weighted by Crippen LogP contribution is 2.34. The van der Waals surface area contributed by atoms with Crippen LogP contribution in [0.4, 0.5) is 0 Å². The van der Waals surface area contributed by atoms with Gasteiger partial charge in [-0.1, -0.05) is 17.7 Å². The SMILES string of the molecule is O=C(O)c1cc(-c2cc3ccc(Cl)cc3s2)[nH]n1. The van der Waals surface area contributed by atoms with E-state index >= 15 is 0 Å². The first-order valence-electron chi connectivity index (χ1n) is 5.11. The van der Waals surface area contributed by atoms with Crippen molar-refractivity contribution in [1.29, 1.82) is 0 Å². The van der Waals surface area contributed by atoms with E-state index in [4.69, 9.17) is 16.7 Å². The number of nitrogens with zero attached hydrogens (tertiary/aromatic N) is 1. The molecule has 4 nitrogen and oxygen atoms in total. The van der Waals surface area contributed by atoms with Crippen molar-refractivity contribution in [1.82, 2.24) is 10.2 Å². The molecule has 2 N–H and O–H groups in total. The van der Waals surface area contributed by atoms with Gasteiger partial charge >= 0.3 is 5.97 Å². The molecule has 0 bridgehead atoms. The van der Waals surface area contributed by atoms with Gasteiger partial charge in [0.1, 0.15) is 0 Å². The number of nitrogens with one attached hydrogen (secondary N) is 1. The average Bonchev–Trinajstić information content (AvgIpc) is 2.93. The summed E-state index contributed by atoms with van der Waals surface area (Å²) in [6.45, 7) is 0. The molecular formula is C12H7ClN2O2S. The predicted molar refractivity (Wildman–Crippen MR) is 71.4 cm³/mol. The summed E-state index contributed by atoms with van der Waals surface area (Å²) in [4.78, 5) is 11.7. The molecule has 0 saturated carbocycles. The minimum absolute atomic E-state index is 0.0143. The molecule has 0 aliphatic heterocycles. The van der Waals surface area contributed by atoms with E-state index in [0.29, 0.717) is 10.7 Å². The Kier molecular flexibility index (Phi) is 2.57. The predicted octanol–water partition coefficient (Wildman–Crippen LogP) is 3.64. The third-order valence-corrected chi connectivity index (χ3v) is 3.91. The number of aromatic amines is 1. The van der Waals surface area contributed by atoms with Crippen molar-refractivity contribution in [2.45, 2.75) is 0 Å². The lowest BCUT2D eigenvalue weighted by molar-refractivity contribution is 0.0690. The molecule has 18 heavy (non-hydrogen) atoms. The molecule has 0 radical (unpaired) electrons. The molecule has 2 heterocycles. The Morgan fingerprint density at radius 3 is 2.89 bits per heavy atom. The molecule has 2 aromatic heterocycles. The normalized spacial score (nSPS) is 10.9. The van der Waals surface area contributed by atoms with E-state index in [1.165, 1.54) is 6.07 Å². The second-order valence-electron chi connectivity index (χ2n) is 3.76. The number of aromatic carboxylic acids is 1. The van der Waals surface area contributed by atoms with Crippen molar-refractivity contribution < 1.29 is 9.90 Å². The molecule has 6 heteroatoms. The van der Waals surface area contributed by atoms with Gasteiger partial charge in [-0.15, -0.1) is 11.3 Å². The quantitative estimate of drug-likeness (QED) is 0.752. The smallest absolute Gasteiger partial charge is 0.356 e. The van der Waals surface area contributed by atoms with Crippen molar-refractivity contribution in [2.24, 2.45) is 0 Å². The van der Waals surface area contributed by atoms with Crippen LogP contribution in [0.5, 0.6) is 0 Å². The standard InChI is InChI=1S/C12H7ClN2O2S/c13-7-2-1-6-3-11(18-10(6)4-7)8-5-9(12(16)17)15-14-8/h1-5H,(H,14,15)(H,16,17). The second kappa shape index (κ2) is 4.12. The Hall–Kier alpha value is -1.85. The van der Waals surface area contributed by atoms with Crippen molar-refractivity contribution in [3.05, 3.63) is 41.0 Å². The summed E-state index contributed by atoms with van der Waals surface area (Å²) < 4.78 is 1.06. The van der Waals surface area contributed by atoms with E-state index in [9.17, 15) is 4.79 Å². The van der Waals surface area contributed by atoms with Crippen LogP contribution in [0.15, 0.2) is 30.3 Å². The topological polar surface area (TPSA) is 66.0 Å². The number of benzene rings is 1. The molecule has 0 amide bonds. The number of thiophene rings is 1. The van der Waals surface area contributed by atoms with Crippen LogP contribution in [-0.4, -0.2) is 21.3 Å². The summed E-state index contributed by atoms with van der Waals surface area (Å²) in [5.41, 5.74) is 0.713. The van der Waals surface area contributed by atoms with Crippen molar-refractivity contribution in [2.75, 3.05) is 0 Å². The summed E-state index contributed by atoms with van der Waals surface area (Å²) in [7, 11) is 0. The zero-order chi connectivity index (χ0) is 12.7. The highest BCUT2D eigenvalue weighted by Gasteiger charge is 2.11. The zero-order valence-electron chi connectivity index (χ0n) is 8.98. The van der Waals surface area contributed by atoms with E-state index in [1.54, 1.807) is 11.3 Å². The summed E-state index contributed by atoms with van der Waals surface area (Å²) in [5.74, 6) is -1.04. The van der Waals surface area contributed by atoms with E-state index < -0.39 is 5.97 Å². The molecule has 0 atom stereocenters. The van der Waals surface area contributed by atoms with Gasteiger partial charge in [0.25, 0.3) is 0 Å². The highest BCUT2D eigenvalue weighted by atomic mass is 35.5. The number of fused-ring (bicyclic) bond motifs is 1. The van der Waals surface area contributed by atoms with Gasteiger partial charge in [-0.05, 0) is 29.7 Å². The van der Waals surface area contributed by atoms with Crippen LogP contribution >= 0.6 is 22.9 Å². The monoisotopic (exact) mass is 278 g/mol. The fraction of sp³-hybridized carbons (Fsp3) is 0. The molecule has 1 aromatic carbocycles. The van der Waals surface area contributed by atoms with Gasteiger partial charge in [-0.3, -0.25) is 5.10 Å². The van der Waals surface area contributed by atoms with Gasteiger partial charge in [0.15, 0.2) is 5.69 Å². The molecular weight excluding hydrogens is 272 g/mol. The molecule has 0 aliphatic carbocycles. The first-order valence-corrected chi connectivity index (χ1v) is 6.31. The largest absolute Gasteiger partial charge is 0.476 e. The van der Waals surface area contributed by atoms with Crippen LogP contribution < -0.4 is 0 Å². The Balaban J connectivity index is 2.10. The molecule has 0 aliphatic rings. The maximum Gasteiger partial charge on any atom is 0.356 e. The molecule has 0 spiro atoms. The Morgan fingerprint density at radius 1 is 1.33 bits per heavy atom. The first kappa shape index (κ1) is 11.3. The van der Waals surface area contributed by atoms with Crippen molar-refractivity contribution >= 4 is 39.0 Å². The van der Waals surface area contributed by atoms with E-state index in [1.807, 2.05) is 24.3 Å². The molecule has 0 saturated heterocycles. The average molecular weight is 279 g/mol. The Morgan fingerprint density at radius 2 is 2.17 bits per heavy atom. The summed E-state index contributed by atoms with van der Waals surface area (Å²) in [5, 5.41) is 17.0. The third-order valence-electron chi connectivity index (χ3n) is 2.54. The number of halogens is 1. The fourth-order valence-electron chi connectivity index (χ4n) is 1.70. The molecule has 90 valence electrons. The number of hydrogen-bond donors (Lipinski definition) is 2. The number of aromatic nitrogens is 2. The van der Waals surface area contributed by atoms with Gasteiger partial charge in [0, 0.05) is 9.72 Å². The Bertz CT molecular complexity index is 747. The number of rotatable bonds is 2. The van der Waals surface area contributed by atoms with Crippen molar-refractivity contribution in [3.8, 4) is 10.6 Å². The number of carboxylic acid groups (broad SMARTS) is 1. The van der Waals surface area contributed by atoms with Crippen LogP contribution in [0.25, 0.3) is 20.7 Å². The van der Waals surface area contributed by atoms with E-state index in [0.717, 1.165) is 15.0 Å². The summed E-state index contributed by atoms with van der Waals surface area (Å²) in [6, 6.07) is 9.16. The second-order valence-corrected chi connectivity index (χ2v) is 5.29. The molecule has 3 aromatic rings. The van der Waals surface area contributed by atoms with Crippen molar-refractivity contribution in [3.63, 3.8) is 0 Å². The fourth-order valence-corrected chi connectivity index (χ4v) is 3.00. The number of carboxylic acids is 1. The van der Waals surface area contributed by atoms with Crippen LogP contribution in [0.2, 0.25) is 5.02 Å². The molecule has 3 rings (SSSR count). The van der Waals surface area contributed by atoms with Crippen LogP contribution in [0, 0.1) is 0 Å². The minimum atomic E-state index is -1.04. The van der Waals surface area contributed by atoms with Crippen LogP contribution in [0.3, 0.4) is 0 Å². The van der Waals surface area contributed by atoms with Gasteiger partial charge < -0.3 is 5.11 Å². The van der Waals surface area contributed by atoms with Gasteiger partial charge in [-0.25, -0.2) is 4.79 Å². The maximum atomic E-state index is 10.8. The number of H-pyrrole nitrogens is 1. The summed E-state index contributed by atoms with van der Waals surface area (Å²) >= 11 is 7.47. The minimum Gasteiger partial charge on any atom is -0.476 e. The zero-order valence-corrected chi connectivity index (χ0v) is 10.5. The van der Waals surface area contributed by atoms with Crippen LogP contribution in [-0.2, 0) is 0 Å². The highest BCUT2D eigenvalue weighted by molar-refractivity contribution is 7.22. The lowest BCUT2D eigenvalue weighted by atomic mass is 10.2.